The number of amides is 2. The monoisotopic (exact) mass is 412 g/mol. The molecule has 0 radical (unpaired) electrons. The molecule has 1 saturated carbocycles. The predicted octanol–water partition coefficient (Wildman–Crippen LogP) is 3.45. The van der Waals surface area contributed by atoms with Gasteiger partial charge in [-0.25, -0.2) is 4.39 Å². The van der Waals surface area contributed by atoms with Crippen LogP contribution in [0.3, 0.4) is 0 Å². The van der Waals surface area contributed by atoms with Crippen LogP contribution in [-0.2, 0) is 10.2 Å². The number of hydrogen-bond donors (Lipinski definition) is 1. The summed E-state index contributed by atoms with van der Waals surface area (Å²) in [5.41, 5.74) is 0.359. The molecule has 1 aromatic carbocycles. The van der Waals surface area contributed by atoms with Crippen LogP contribution in [0.1, 0.15) is 66.9 Å². The van der Waals surface area contributed by atoms with Gasteiger partial charge in [-0.1, -0.05) is 31.0 Å². The Morgan fingerprint density at radius 3 is 2.63 bits per heavy atom. The SMILES string of the molecule is CNC(=O)c1cnn([C@@H]2CCCN(C(=O)C3(c4ccccc4F)CCCC3)CC2)c1. The Bertz CT molecular complexity index is 919. The van der Waals surface area contributed by atoms with Crippen molar-refractivity contribution in [2.24, 2.45) is 0 Å². The average molecular weight is 413 g/mol. The van der Waals surface area contributed by atoms with Crippen LogP contribution >= 0.6 is 0 Å². The summed E-state index contributed by atoms with van der Waals surface area (Å²) in [6.45, 7) is 1.30. The standard InChI is InChI=1S/C23H29FN4O2/c1-25-21(29)17-15-26-28(16-17)18-7-6-13-27(14-10-18)22(30)23(11-4-5-12-23)19-8-2-3-9-20(19)24/h2-3,8-9,15-16,18H,4-7,10-14H2,1H3,(H,25,29)/t18-/m1/s1. The molecule has 0 spiro atoms. The van der Waals surface area contributed by atoms with E-state index in [1.807, 2.05) is 15.6 Å². The summed E-state index contributed by atoms with van der Waals surface area (Å²) in [6.07, 6.45) is 9.20. The lowest BCUT2D eigenvalue weighted by Gasteiger charge is -2.34. The Morgan fingerprint density at radius 1 is 1.13 bits per heavy atom. The quantitative estimate of drug-likeness (QED) is 0.836. The number of nitrogens with zero attached hydrogens (tertiary/aromatic N) is 3. The molecule has 7 heteroatoms. The molecule has 1 aromatic heterocycles. The van der Waals surface area contributed by atoms with Crippen LogP contribution in [0, 0.1) is 5.82 Å². The van der Waals surface area contributed by atoms with Gasteiger partial charge in [0.2, 0.25) is 5.91 Å². The minimum absolute atomic E-state index is 0.0669. The lowest BCUT2D eigenvalue weighted by molar-refractivity contribution is -0.137. The second-order valence-electron chi connectivity index (χ2n) is 8.43. The zero-order valence-electron chi connectivity index (χ0n) is 17.4. The van der Waals surface area contributed by atoms with E-state index < -0.39 is 5.41 Å². The first kappa shape index (κ1) is 20.6. The average Bonchev–Trinajstić information content (AvgIpc) is 3.39. The summed E-state index contributed by atoms with van der Waals surface area (Å²) >= 11 is 0. The van der Waals surface area contributed by atoms with Crippen molar-refractivity contribution in [3.8, 4) is 0 Å². The molecular weight excluding hydrogens is 383 g/mol. The molecule has 1 aliphatic heterocycles. The first-order valence-electron chi connectivity index (χ1n) is 10.9. The van der Waals surface area contributed by atoms with Gasteiger partial charge in [-0.3, -0.25) is 14.3 Å². The van der Waals surface area contributed by atoms with Crippen LogP contribution in [0.25, 0.3) is 0 Å². The normalized spacial score (nSPS) is 21.3. The maximum Gasteiger partial charge on any atom is 0.254 e. The van der Waals surface area contributed by atoms with Crippen molar-refractivity contribution >= 4 is 11.8 Å². The van der Waals surface area contributed by atoms with Crippen molar-refractivity contribution in [1.82, 2.24) is 20.0 Å². The van der Waals surface area contributed by atoms with Crippen molar-refractivity contribution < 1.29 is 14.0 Å². The lowest BCUT2D eigenvalue weighted by atomic mass is 9.77. The Kier molecular flexibility index (Phi) is 5.88. The van der Waals surface area contributed by atoms with Gasteiger partial charge in [0.1, 0.15) is 5.82 Å². The highest BCUT2D eigenvalue weighted by atomic mass is 19.1. The fourth-order valence-electron chi connectivity index (χ4n) is 5.07. The van der Waals surface area contributed by atoms with E-state index in [0.717, 1.165) is 32.1 Å². The van der Waals surface area contributed by atoms with Gasteiger partial charge >= 0.3 is 0 Å². The highest BCUT2D eigenvalue weighted by molar-refractivity contribution is 5.93. The van der Waals surface area contributed by atoms with Gasteiger partial charge in [0.25, 0.3) is 5.91 Å². The number of nitrogens with one attached hydrogen (secondary N) is 1. The minimum atomic E-state index is -0.733. The first-order valence-corrected chi connectivity index (χ1v) is 10.9. The highest BCUT2D eigenvalue weighted by Gasteiger charge is 2.46. The van der Waals surface area contributed by atoms with Crippen LogP contribution < -0.4 is 5.32 Å². The van der Waals surface area contributed by atoms with E-state index in [1.165, 1.54) is 6.07 Å². The van der Waals surface area contributed by atoms with E-state index >= 15 is 0 Å². The van der Waals surface area contributed by atoms with Gasteiger partial charge in [-0.05, 0) is 38.2 Å². The van der Waals surface area contributed by atoms with Gasteiger partial charge in [-0.2, -0.15) is 5.10 Å². The molecule has 2 aliphatic rings. The minimum Gasteiger partial charge on any atom is -0.355 e. The molecule has 2 amide bonds. The van der Waals surface area contributed by atoms with Crippen LogP contribution in [-0.4, -0.2) is 46.6 Å². The van der Waals surface area contributed by atoms with Crippen molar-refractivity contribution in [2.75, 3.05) is 20.1 Å². The lowest BCUT2D eigenvalue weighted by Crippen LogP contribution is -2.46. The molecule has 2 aromatic rings. The molecule has 6 nitrogen and oxygen atoms in total. The molecule has 1 saturated heterocycles. The maximum absolute atomic E-state index is 14.7. The topological polar surface area (TPSA) is 67.2 Å². The number of rotatable bonds is 4. The maximum atomic E-state index is 14.7. The van der Waals surface area contributed by atoms with Crippen LogP contribution in [0.2, 0.25) is 0 Å². The summed E-state index contributed by atoms with van der Waals surface area (Å²) in [7, 11) is 1.60. The molecule has 4 rings (SSSR count). The van der Waals surface area contributed by atoms with E-state index in [0.29, 0.717) is 37.1 Å². The van der Waals surface area contributed by atoms with E-state index in [-0.39, 0.29) is 23.7 Å². The third kappa shape index (κ3) is 3.73. The van der Waals surface area contributed by atoms with Crippen molar-refractivity contribution in [3.63, 3.8) is 0 Å². The summed E-state index contributed by atoms with van der Waals surface area (Å²) in [4.78, 5) is 27.4. The van der Waals surface area contributed by atoms with Gasteiger partial charge in [0.15, 0.2) is 0 Å². The molecule has 1 N–H and O–H groups in total. The number of aromatic nitrogens is 2. The highest BCUT2D eigenvalue weighted by Crippen LogP contribution is 2.44. The molecule has 1 atom stereocenters. The largest absolute Gasteiger partial charge is 0.355 e. The second kappa shape index (κ2) is 8.58. The molecule has 2 fully saturated rings. The smallest absolute Gasteiger partial charge is 0.254 e. The van der Waals surface area contributed by atoms with Crippen molar-refractivity contribution in [1.29, 1.82) is 0 Å². The zero-order chi connectivity index (χ0) is 21.1. The molecule has 2 heterocycles. The molecule has 1 aliphatic carbocycles. The Labute approximate surface area is 176 Å². The van der Waals surface area contributed by atoms with Crippen molar-refractivity contribution in [3.05, 3.63) is 53.6 Å². The summed E-state index contributed by atoms with van der Waals surface area (Å²) in [6, 6.07) is 6.90. The van der Waals surface area contributed by atoms with Crippen LogP contribution in [0.5, 0.6) is 0 Å². The molecule has 30 heavy (non-hydrogen) atoms. The van der Waals surface area contributed by atoms with Crippen molar-refractivity contribution in [2.45, 2.75) is 56.4 Å². The molecule has 0 unspecified atom stereocenters. The fourth-order valence-corrected chi connectivity index (χ4v) is 5.07. The molecule has 160 valence electrons. The van der Waals surface area contributed by atoms with E-state index in [9.17, 15) is 14.0 Å². The number of halogens is 1. The molecule has 0 bridgehead atoms. The number of likely N-dealkylation sites (tertiary alicyclic amines) is 1. The van der Waals surface area contributed by atoms with E-state index in [4.69, 9.17) is 0 Å². The first-order chi connectivity index (χ1) is 14.5. The Hall–Kier alpha value is -2.70. The number of benzene rings is 1. The summed E-state index contributed by atoms with van der Waals surface area (Å²) < 4.78 is 16.5. The second-order valence-corrected chi connectivity index (χ2v) is 8.43. The number of carbonyl (C=O) groups excluding carboxylic acids is 2. The van der Waals surface area contributed by atoms with Gasteiger partial charge in [-0.15, -0.1) is 0 Å². The molecular formula is C23H29FN4O2. The van der Waals surface area contributed by atoms with Gasteiger partial charge in [0, 0.05) is 31.9 Å². The van der Waals surface area contributed by atoms with E-state index in [1.54, 1.807) is 31.6 Å². The fraction of sp³-hybridized carbons (Fsp3) is 0.522. The summed E-state index contributed by atoms with van der Waals surface area (Å²) in [5.74, 6) is -0.365. The number of carbonyl (C=O) groups is 2. The predicted molar refractivity (Wildman–Crippen MR) is 112 cm³/mol. The Morgan fingerprint density at radius 2 is 1.90 bits per heavy atom. The van der Waals surface area contributed by atoms with Gasteiger partial charge in [0.05, 0.1) is 23.2 Å². The third-order valence-electron chi connectivity index (χ3n) is 6.71. The third-order valence-corrected chi connectivity index (χ3v) is 6.71. The van der Waals surface area contributed by atoms with Crippen LogP contribution in [0.4, 0.5) is 4.39 Å². The zero-order valence-corrected chi connectivity index (χ0v) is 17.4. The van der Waals surface area contributed by atoms with E-state index in [2.05, 4.69) is 10.4 Å². The Balaban J connectivity index is 1.51. The summed E-state index contributed by atoms with van der Waals surface area (Å²) in [5, 5.41) is 6.99. The van der Waals surface area contributed by atoms with Gasteiger partial charge < -0.3 is 10.2 Å². The van der Waals surface area contributed by atoms with Crippen LogP contribution in [0.15, 0.2) is 36.7 Å². The number of hydrogen-bond acceptors (Lipinski definition) is 3.